The van der Waals surface area contributed by atoms with Gasteiger partial charge < -0.3 is 23.8 Å². The Morgan fingerprint density at radius 1 is 0.487 bits per heavy atom. The molecule has 0 aliphatic carbocycles. The topological polar surface area (TPSA) is 40.2 Å². The third kappa shape index (κ3) is 8.25. The molecule has 0 amide bonds. The van der Waals surface area contributed by atoms with E-state index in [9.17, 15) is 0 Å². The zero-order chi connectivity index (χ0) is 27.5. The van der Waals surface area contributed by atoms with Crippen LogP contribution in [0.1, 0.15) is 38.8 Å². The van der Waals surface area contributed by atoms with Crippen molar-refractivity contribution in [1.82, 2.24) is 0 Å². The van der Waals surface area contributed by atoms with Crippen LogP contribution < -0.4 is 4.90 Å². The number of ether oxygens (including phenoxy) is 4. The predicted octanol–water partition coefficient (Wildman–Crippen LogP) is 8.62. The van der Waals surface area contributed by atoms with E-state index in [0.717, 1.165) is 28.2 Å². The highest BCUT2D eigenvalue weighted by molar-refractivity contribution is 5.78. The van der Waals surface area contributed by atoms with Gasteiger partial charge in [-0.05, 0) is 86.3 Å². The highest BCUT2D eigenvalue weighted by Crippen LogP contribution is 2.36. The van der Waals surface area contributed by atoms with Crippen LogP contribution in [0.25, 0.3) is 11.1 Å². The highest BCUT2D eigenvalue weighted by Gasteiger charge is 2.14. The molecule has 2 unspecified atom stereocenters. The predicted molar refractivity (Wildman–Crippen MR) is 158 cm³/mol. The first kappa shape index (κ1) is 28.5. The van der Waals surface area contributed by atoms with Gasteiger partial charge in [0.05, 0.1) is 13.2 Å². The average Bonchev–Trinajstić information content (AvgIpc) is 2.98. The van der Waals surface area contributed by atoms with Crippen LogP contribution in [0.2, 0.25) is 0 Å². The second-order valence-corrected chi connectivity index (χ2v) is 9.25. The van der Waals surface area contributed by atoms with E-state index >= 15 is 0 Å². The third-order valence-electron chi connectivity index (χ3n) is 6.39. The van der Waals surface area contributed by atoms with Gasteiger partial charge in [-0.1, -0.05) is 66.7 Å². The summed E-state index contributed by atoms with van der Waals surface area (Å²) in [5.74, 6) is 0. The molecular formula is C34H39NO4. The lowest BCUT2D eigenvalue weighted by Gasteiger charge is -2.26. The van der Waals surface area contributed by atoms with Gasteiger partial charge in [0.15, 0.2) is 12.6 Å². The monoisotopic (exact) mass is 525 g/mol. The van der Waals surface area contributed by atoms with Crippen molar-refractivity contribution in [3.63, 3.8) is 0 Å². The molecule has 204 valence electrons. The van der Waals surface area contributed by atoms with Crippen LogP contribution >= 0.6 is 0 Å². The van der Waals surface area contributed by atoms with Gasteiger partial charge in [0.25, 0.3) is 0 Å². The molecule has 0 saturated heterocycles. The number of rotatable bonds is 14. The quantitative estimate of drug-likeness (QED) is 0.154. The molecule has 4 rings (SSSR count). The zero-order valence-corrected chi connectivity index (χ0v) is 23.4. The molecule has 0 aliphatic rings. The maximum absolute atomic E-state index is 5.80. The molecule has 0 bridgehead atoms. The summed E-state index contributed by atoms with van der Waals surface area (Å²) < 4.78 is 22.6. The summed E-state index contributed by atoms with van der Waals surface area (Å²) in [6.45, 7) is 10.1. The van der Waals surface area contributed by atoms with Crippen LogP contribution in [-0.2, 0) is 32.2 Å². The Labute approximate surface area is 232 Å². The van der Waals surface area contributed by atoms with Gasteiger partial charge in [-0.2, -0.15) is 0 Å². The zero-order valence-electron chi connectivity index (χ0n) is 23.4. The van der Waals surface area contributed by atoms with Crippen LogP contribution in [-0.4, -0.2) is 25.8 Å². The van der Waals surface area contributed by atoms with E-state index in [1.54, 1.807) is 0 Å². The van der Waals surface area contributed by atoms with Crippen LogP contribution in [0, 0.1) is 0 Å². The van der Waals surface area contributed by atoms with Gasteiger partial charge in [0, 0.05) is 30.3 Å². The summed E-state index contributed by atoms with van der Waals surface area (Å²) in [7, 11) is 0. The third-order valence-corrected chi connectivity index (χ3v) is 6.39. The van der Waals surface area contributed by atoms with Gasteiger partial charge in [0.1, 0.15) is 0 Å². The first-order chi connectivity index (χ1) is 19.1. The SMILES string of the molecule is CCOC(C)OCc1ccc(N(c2ccc(COC(C)OCC)cc2)c2ccc(-c3ccccc3)cc2)cc1. The van der Waals surface area contributed by atoms with Crippen molar-refractivity contribution in [2.75, 3.05) is 18.1 Å². The lowest BCUT2D eigenvalue weighted by atomic mass is 10.0. The molecule has 0 aliphatic heterocycles. The minimum absolute atomic E-state index is 0.228. The molecule has 0 spiro atoms. The summed E-state index contributed by atoms with van der Waals surface area (Å²) in [5, 5.41) is 0. The fourth-order valence-corrected chi connectivity index (χ4v) is 4.36. The average molecular weight is 526 g/mol. The molecule has 4 aromatic carbocycles. The van der Waals surface area contributed by atoms with Crippen molar-refractivity contribution >= 4 is 17.1 Å². The molecule has 0 N–H and O–H groups in total. The molecule has 5 nitrogen and oxygen atoms in total. The van der Waals surface area contributed by atoms with Crippen molar-refractivity contribution in [1.29, 1.82) is 0 Å². The molecule has 0 fully saturated rings. The van der Waals surface area contributed by atoms with Crippen molar-refractivity contribution in [3.05, 3.63) is 114 Å². The van der Waals surface area contributed by atoms with E-state index in [4.69, 9.17) is 18.9 Å². The number of hydrogen-bond acceptors (Lipinski definition) is 5. The maximum Gasteiger partial charge on any atom is 0.155 e. The smallest absolute Gasteiger partial charge is 0.155 e. The second-order valence-electron chi connectivity index (χ2n) is 9.25. The summed E-state index contributed by atoms with van der Waals surface area (Å²) in [4.78, 5) is 2.26. The summed E-state index contributed by atoms with van der Waals surface area (Å²) >= 11 is 0. The molecule has 0 saturated carbocycles. The lowest BCUT2D eigenvalue weighted by molar-refractivity contribution is -0.134. The van der Waals surface area contributed by atoms with Gasteiger partial charge in [-0.25, -0.2) is 0 Å². The molecule has 0 radical (unpaired) electrons. The van der Waals surface area contributed by atoms with Gasteiger partial charge >= 0.3 is 0 Å². The molecule has 5 heteroatoms. The van der Waals surface area contributed by atoms with Crippen molar-refractivity contribution in [3.8, 4) is 11.1 Å². The Morgan fingerprint density at radius 3 is 1.28 bits per heavy atom. The van der Waals surface area contributed by atoms with E-state index < -0.39 is 0 Å². The van der Waals surface area contributed by atoms with Crippen molar-refractivity contribution < 1.29 is 18.9 Å². The summed E-state index contributed by atoms with van der Waals surface area (Å²) in [5.41, 5.74) is 7.80. The molecule has 4 aromatic rings. The van der Waals surface area contributed by atoms with E-state index in [-0.39, 0.29) is 12.6 Å². The number of anilines is 3. The van der Waals surface area contributed by atoms with Crippen LogP contribution in [0.5, 0.6) is 0 Å². The normalized spacial score (nSPS) is 12.7. The number of hydrogen-bond donors (Lipinski definition) is 0. The van der Waals surface area contributed by atoms with E-state index in [1.807, 2.05) is 33.8 Å². The largest absolute Gasteiger partial charge is 0.353 e. The lowest BCUT2D eigenvalue weighted by Crippen LogP contribution is -2.13. The molecule has 0 heterocycles. The Bertz CT molecular complexity index is 1180. The number of nitrogens with zero attached hydrogens (tertiary/aromatic N) is 1. The molecule has 39 heavy (non-hydrogen) atoms. The Balaban J connectivity index is 1.58. The van der Waals surface area contributed by atoms with Crippen LogP contribution in [0.15, 0.2) is 103 Å². The standard InChI is InChI=1S/C34H39NO4/c1-5-36-26(3)38-24-28-12-18-32(19-13-28)35(33-20-14-29(15-21-33)25-39-27(4)37-6-2)34-22-16-31(17-23-34)30-10-8-7-9-11-30/h7-23,26-27H,5-6,24-25H2,1-4H3. The summed E-state index contributed by atoms with van der Waals surface area (Å²) in [6, 6.07) is 36.1. The Kier molecular flexibility index (Phi) is 10.7. The maximum atomic E-state index is 5.80. The van der Waals surface area contributed by atoms with Crippen LogP contribution in [0.4, 0.5) is 17.1 Å². The second kappa shape index (κ2) is 14.6. The van der Waals surface area contributed by atoms with Crippen molar-refractivity contribution in [2.24, 2.45) is 0 Å². The molecular weight excluding hydrogens is 486 g/mol. The Hall–Kier alpha value is -3.48. The molecule has 0 aromatic heterocycles. The van der Waals surface area contributed by atoms with Gasteiger partial charge in [-0.15, -0.1) is 0 Å². The van der Waals surface area contributed by atoms with E-state index in [2.05, 4.69) is 102 Å². The first-order valence-electron chi connectivity index (χ1n) is 13.7. The number of benzene rings is 4. The van der Waals surface area contributed by atoms with Crippen molar-refractivity contribution in [2.45, 2.75) is 53.5 Å². The van der Waals surface area contributed by atoms with Gasteiger partial charge in [-0.3, -0.25) is 0 Å². The fraction of sp³-hybridized carbons (Fsp3) is 0.294. The first-order valence-corrected chi connectivity index (χ1v) is 13.7. The van der Waals surface area contributed by atoms with E-state index in [0.29, 0.717) is 26.4 Å². The van der Waals surface area contributed by atoms with Gasteiger partial charge in [0.2, 0.25) is 0 Å². The summed E-state index contributed by atoms with van der Waals surface area (Å²) in [6.07, 6.45) is -0.457. The Morgan fingerprint density at radius 2 is 0.872 bits per heavy atom. The highest BCUT2D eigenvalue weighted by atomic mass is 16.7. The fourth-order valence-electron chi connectivity index (χ4n) is 4.36. The van der Waals surface area contributed by atoms with E-state index in [1.165, 1.54) is 11.1 Å². The minimum atomic E-state index is -0.228. The molecule has 2 atom stereocenters. The van der Waals surface area contributed by atoms with Crippen LogP contribution in [0.3, 0.4) is 0 Å². The minimum Gasteiger partial charge on any atom is -0.353 e.